The van der Waals surface area contributed by atoms with Crippen LogP contribution in [-0.4, -0.2) is 49.1 Å². The topological polar surface area (TPSA) is 70.7 Å². The lowest BCUT2D eigenvalue weighted by atomic mass is 9.93. The van der Waals surface area contributed by atoms with Crippen molar-refractivity contribution < 1.29 is 14.3 Å². The Morgan fingerprint density at radius 3 is 2.44 bits per heavy atom. The molecule has 2 amide bonds. The minimum Gasteiger partial charge on any atom is -0.379 e. The number of hydrogen-bond donors (Lipinski definition) is 2. The van der Waals surface area contributed by atoms with E-state index in [1.54, 1.807) is 0 Å². The van der Waals surface area contributed by atoms with Crippen molar-refractivity contribution in [3.8, 4) is 0 Å². The average molecular weight is 466 g/mol. The van der Waals surface area contributed by atoms with Crippen molar-refractivity contribution in [2.45, 2.75) is 59.1 Å². The van der Waals surface area contributed by atoms with E-state index >= 15 is 0 Å². The maximum absolute atomic E-state index is 13.5. The molecule has 6 nitrogen and oxygen atoms in total. The Morgan fingerprint density at radius 2 is 1.76 bits per heavy atom. The third-order valence-corrected chi connectivity index (χ3v) is 6.35. The fourth-order valence-electron chi connectivity index (χ4n) is 4.40. The molecular formula is C28H39N3O3. The van der Waals surface area contributed by atoms with Crippen LogP contribution in [-0.2, 0) is 14.3 Å². The molecule has 3 rings (SSSR count). The minimum absolute atomic E-state index is 0.0132. The van der Waals surface area contributed by atoms with Crippen LogP contribution in [0.4, 0.5) is 5.69 Å². The summed E-state index contributed by atoms with van der Waals surface area (Å²) < 4.78 is 5.53. The highest BCUT2D eigenvalue weighted by Crippen LogP contribution is 2.29. The number of aryl methyl sites for hydroxylation is 2. The summed E-state index contributed by atoms with van der Waals surface area (Å²) in [7, 11) is 0. The van der Waals surface area contributed by atoms with Crippen LogP contribution in [0.25, 0.3) is 0 Å². The Balaban J connectivity index is 1.61. The largest absolute Gasteiger partial charge is 0.379 e. The molecule has 2 aromatic rings. The minimum atomic E-state index is -0.390. The van der Waals surface area contributed by atoms with Gasteiger partial charge in [-0.15, -0.1) is 0 Å². The van der Waals surface area contributed by atoms with Gasteiger partial charge in [0, 0.05) is 24.8 Å². The van der Waals surface area contributed by atoms with Gasteiger partial charge in [-0.05, 0) is 82.8 Å². The maximum atomic E-state index is 13.5. The van der Waals surface area contributed by atoms with E-state index in [4.69, 9.17) is 4.74 Å². The van der Waals surface area contributed by atoms with Gasteiger partial charge in [0.05, 0.1) is 6.10 Å². The van der Waals surface area contributed by atoms with Gasteiger partial charge in [0.25, 0.3) is 0 Å². The van der Waals surface area contributed by atoms with Crippen LogP contribution in [0.5, 0.6) is 0 Å². The number of rotatable bonds is 10. The Morgan fingerprint density at radius 1 is 1.06 bits per heavy atom. The SMILES string of the molecule is Cc1ccc(C)c(NC(=O)C(c2ccccc2)N2CCC(C(=O)NCCCOC(C)C)CC2)c1. The number of amides is 2. The number of carbonyl (C=O) groups excluding carboxylic acids is 2. The number of anilines is 1. The van der Waals surface area contributed by atoms with Gasteiger partial charge in [0.2, 0.25) is 11.8 Å². The Kier molecular flexibility index (Phi) is 9.66. The van der Waals surface area contributed by atoms with Crippen molar-refractivity contribution in [1.29, 1.82) is 0 Å². The van der Waals surface area contributed by atoms with E-state index < -0.39 is 6.04 Å². The number of benzene rings is 2. The Labute approximate surface area is 204 Å². The van der Waals surface area contributed by atoms with Crippen LogP contribution in [0.2, 0.25) is 0 Å². The number of ether oxygens (including phenoxy) is 1. The maximum Gasteiger partial charge on any atom is 0.246 e. The number of nitrogens with zero attached hydrogens (tertiary/aromatic N) is 1. The van der Waals surface area contributed by atoms with Crippen molar-refractivity contribution in [2.24, 2.45) is 5.92 Å². The summed E-state index contributed by atoms with van der Waals surface area (Å²) in [6, 6.07) is 15.6. The molecule has 2 N–H and O–H groups in total. The molecule has 1 heterocycles. The molecule has 1 unspecified atom stereocenters. The number of nitrogens with one attached hydrogen (secondary N) is 2. The molecular weight excluding hydrogens is 426 g/mol. The smallest absolute Gasteiger partial charge is 0.246 e. The van der Waals surface area contributed by atoms with Crippen molar-refractivity contribution in [2.75, 3.05) is 31.6 Å². The molecule has 1 aliphatic heterocycles. The molecule has 6 heteroatoms. The summed E-state index contributed by atoms with van der Waals surface area (Å²) in [5.74, 6) is 0.0639. The van der Waals surface area contributed by atoms with Gasteiger partial charge in [0.1, 0.15) is 6.04 Å². The predicted octanol–water partition coefficient (Wildman–Crippen LogP) is 4.63. The van der Waals surface area contributed by atoms with Gasteiger partial charge in [-0.3, -0.25) is 14.5 Å². The summed E-state index contributed by atoms with van der Waals surface area (Å²) >= 11 is 0. The molecule has 0 radical (unpaired) electrons. The van der Waals surface area contributed by atoms with Crippen LogP contribution in [0.3, 0.4) is 0 Å². The lowest BCUT2D eigenvalue weighted by Crippen LogP contribution is -2.45. The highest BCUT2D eigenvalue weighted by atomic mass is 16.5. The summed E-state index contributed by atoms with van der Waals surface area (Å²) in [6.45, 7) is 10.8. The number of hydrogen-bond acceptors (Lipinski definition) is 4. The van der Waals surface area contributed by atoms with E-state index in [1.807, 2.05) is 76.2 Å². The van der Waals surface area contributed by atoms with Crippen LogP contribution >= 0.6 is 0 Å². The fourth-order valence-corrected chi connectivity index (χ4v) is 4.40. The molecule has 0 spiro atoms. The van der Waals surface area contributed by atoms with Gasteiger partial charge in [-0.1, -0.05) is 42.5 Å². The molecule has 0 saturated carbocycles. The lowest BCUT2D eigenvalue weighted by molar-refractivity contribution is -0.127. The number of piperidine rings is 1. The number of likely N-dealkylation sites (tertiary alicyclic amines) is 1. The highest BCUT2D eigenvalue weighted by Gasteiger charge is 2.33. The van der Waals surface area contributed by atoms with E-state index in [0.29, 0.717) is 26.2 Å². The second-order valence-corrected chi connectivity index (χ2v) is 9.50. The van der Waals surface area contributed by atoms with E-state index in [9.17, 15) is 9.59 Å². The van der Waals surface area contributed by atoms with Crippen LogP contribution in [0.15, 0.2) is 48.5 Å². The first-order chi connectivity index (χ1) is 16.3. The van der Waals surface area contributed by atoms with Crippen molar-refractivity contribution in [3.63, 3.8) is 0 Å². The van der Waals surface area contributed by atoms with Crippen molar-refractivity contribution >= 4 is 17.5 Å². The molecule has 184 valence electrons. The van der Waals surface area contributed by atoms with Crippen molar-refractivity contribution in [1.82, 2.24) is 10.2 Å². The molecule has 0 aromatic heterocycles. The van der Waals surface area contributed by atoms with Gasteiger partial charge in [-0.2, -0.15) is 0 Å². The third kappa shape index (κ3) is 7.40. The highest BCUT2D eigenvalue weighted by molar-refractivity contribution is 5.96. The molecule has 1 saturated heterocycles. The molecule has 0 aliphatic carbocycles. The average Bonchev–Trinajstić information content (AvgIpc) is 2.82. The van der Waals surface area contributed by atoms with Gasteiger partial charge >= 0.3 is 0 Å². The molecule has 1 atom stereocenters. The van der Waals surface area contributed by atoms with Crippen molar-refractivity contribution in [3.05, 3.63) is 65.2 Å². The molecule has 0 bridgehead atoms. The number of carbonyl (C=O) groups is 2. The van der Waals surface area contributed by atoms with Gasteiger partial charge < -0.3 is 15.4 Å². The molecule has 1 fully saturated rings. The van der Waals surface area contributed by atoms with E-state index in [1.165, 1.54) is 0 Å². The third-order valence-electron chi connectivity index (χ3n) is 6.35. The van der Waals surface area contributed by atoms with Gasteiger partial charge in [-0.25, -0.2) is 0 Å². The summed E-state index contributed by atoms with van der Waals surface area (Å²) in [4.78, 5) is 28.3. The predicted molar refractivity (Wildman–Crippen MR) is 137 cm³/mol. The second-order valence-electron chi connectivity index (χ2n) is 9.50. The molecule has 34 heavy (non-hydrogen) atoms. The van der Waals surface area contributed by atoms with Gasteiger partial charge in [0.15, 0.2) is 0 Å². The monoisotopic (exact) mass is 465 g/mol. The summed E-state index contributed by atoms with van der Waals surface area (Å²) in [6.07, 6.45) is 2.52. The summed E-state index contributed by atoms with van der Waals surface area (Å²) in [5.41, 5.74) is 3.97. The zero-order valence-electron chi connectivity index (χ0n) is 21.0. The van der Waals surface area contributed by atoms with Crippen LogP contribution < -0.4 is 10.6 Å². The normalized spacial score (nSPS) is 15.8. The van der Waals surface area contributed by atoms with E-state index in [0.717, 1.165) is 41.6 Å². The zero-order chi connectivity index (χ0) is 24.5. The van der Waals surface area contributed by atoms with E-state index in [-0.39, 0.29) is 23.8 Å². The quantitative estimate of drug-likeness (QED) is 0.502. The molecule has 2 aromatic carbocycles. The first-order valence-electron chi connectivity index (χ1n) is 12.4. The van der Waals surface area contributed by atoms with Crippen LogP contribution in [0, 0.1) is 19.8 Å². The fraction of sp³-hybridized carbons (Fsp3) is 0.500. The zero-order valence-corrected chi connectivity index (χ0v) is 21.0. The molecule has 1 aliphatic rings. The second kappa shape index (κ2) is 12.7. The van der Waals surface area contributed by atoms with Crippen LogP contribution in [0.1, 0.15) is 55.8 Å². The first kappa shape index (κ1) is 25.9. The lowest BCUT2D eigenvalue weighted by Gasteiger charge is -2.36. The standard InChI is InChI=1S/C28H39N3O3/c1-20(2)34-18-8-15-29-27(32)24-13-16-31(17-14-24)26(23-9-6-5-7-10-23)28(33)30-25-19-21(3)11-12-22(25)4/h5-7,9-12,19-20,24,26H,8,13-18H2,1-4H3,(H,29,32)(H,30,33). The Bertz CT molecular complexity index is 937. The van der Waals surface area contributed by atoms with E-state index in [2.05, 4.69) is 15.5 Å². The Hall–Kier alpha value is -2.70. The first-order valence-corrected chi connectivity index (χ1v) is 12.4. The summed E-state index contributed by atoms with van der Waals surface area (Å²) in [5, 5.41) is 6.21.